The molecule has 10 heteroatoms. The van der Waals surface area contributed by atoms with Gasteiger partial charge in [-0.3, -0.25) is 4.98 Å². The van der Waals surface area contributed by atoms with E-state index in [1.807, 2.05) is 12.1 Å². The average Bonchev–Trinajstić information content (AvgIpc) is 3.30. The van der Waals surface area contributed by atoms with Gasteiger partial charge in [-0.2, -0.15) is 0 Å². The lowest BCUT2D eigenvalue weighted by Gasteiger charge is -2.36. The zero-order chi connectivity index (χ0) is 19.8. The van der Waals surface area contributed by atoms with Crippen molar-refractivity contribution in [2.45, 2.75) is 43.8 Å². The molecule has 0 aromatic carbocycles. The third-order valence-electron chi connectivity index (χ3n) is 6.05. The van der Waals surface area contributed by atoms with E-state index in [9.17, 15) is 0 Å². The molecule has 2 bridgehead atoms. The molecule has 30 heavy (non-hydrogen) atoms. The van der Waals surface area contributed by atoms with Gasteiger partial charge in [0.15, 0.2) is 0 Å². The summed E-state index contributed by atoms with van der Waals surface area (Å²) in [7, 11) is 3.81. The molecule has 0 radical (unpaired) electrons. The predicted molar refractivity (Wildman–Crippen MR) is 115 cm³/mol. The summed E-state index contributed by atoms with van der Waals surface area (Å²) in [6, 6.07) is 5.76. The van der Waals surface area contributed by atoms with Crippen molar-refractivity contribution in [1.29, 1.82) is 0 Å². The van der Waals surface area contributed by atoms with Crippen molar-refractivity contribution in [2.24, 2.45) is 0 Å². The Morgan fingerprint density at radius 1 is 1.00 bits per heavy atom. The summed E-state index contributed by atoms with van der Waals surface area (Å²) in [5.74, 6) is 0.813. The molecule has 9 nitrogen and oxygen atoms in total. The van der Waals surface area contributed by atoms with Gasteiger partial charge in [0.2, 0.25) is 0 Å². The van der Waals surface area contributed by atoms with E-state index in [4.69, 9.17) is 4.84 Å². The van der Waals surface area contributed by atoms with Gasteiger partial charge in [0.05, 0.1) is 30.5 Å². The maximum Gasteiger partial charge on any atom is 0.148 e. The van der Waals surface area contributed by atoms with Crippen LogP contribution in [0.1, 0.15) is 25.7 Å². The number of anilines is 1. The maximum absolute atomic E-state index is 5.06. The molecule has 158 valence electrons. The molecule has 3 aromatic heterocycles. The number of piperidine rings is 1. The molecule has 1 N–H and O–H groups in total. The summed E-state index contributed by atoms with van der Waals surface area (Å²) in [4.78, 5) is 17.9. The molecule has 5 heterocycles. The van der Waals surface area contributed by atoms with Gasteiger partial charge < -0.3 is 15.1 Å². The third-order valence-corrected chi connectivity index (χ3v) is 6.05. The first kappa shape index (κ1) is 20.5. The number of halogens is 1. The Morgan fingerprint density at radius 3 is 2.43 bits per heavy atom. The summed E-state index contributed by atoms with van der Waals surface area (Å²) in [6.07, 6.45) is 11.8. The van der Waals surface area contributed by atoms with Gasteiger partial charge in [0.25, 0.3) is 0 Å². The van der Waals surface area contributed by atoms with Crippen LogP contribution < -0.4 is 10.2 Å². The number of hydrogen-bond donors (Lipinski definition) is 1. The number of nitrogens with zero attached hydrogens (tertiary/aromatic N) is 7. The minimum atomic E-state index is 0. The second kappa shape index (κ2) is 8.53. The van der Waals surface area contributed by atoms with Gasteiger partial charge in [0, 0.05) is 23.7 Å². The third kappa shape index (κ3) is 3.95. The Kier molecular flexibility index (Phi) is 5.83. The van der Waals surface area contributed by atoms with Crippen LogP contribution in [0.2, 0.25) is 0 Å². The monoisotopic (exact) mass is 428 g/mol. The first-order valence-electron chi connectivity index (χ1n) is 9.94. The van der Waals surface area contributed by atoms with Crippen molar-refractivity contribution < 1.29 is 4.84 Å². The Hall–Kier alpha value is -2.78. The van der Waals surface area contributed by atoms with E-state index in [-0.39, 0.29) is 12.4 Å². The predicted octanol–water partition coefficient (Wildman–Crippen LogP) is 2.31. The van der Waals surface area contributed by atoms with Gasteiger partial charge in [-0.15, -0.1) is 32.5 Å². The molecule has 0 saturated carbocycles. The second-order valence-corrected chi connectivity index (χ2v) is 7.77. The number of rotatable bonds is 5. The first-order chi connectivity index (χ1) is 14.2. The lowest BCUT2D eigenvalue weighted by molar-refractivity contribution is 0.134. The first-order valence-corrected chi connectivity index (χ1v) is 9.94. The average molecular weight is 429 g/mol. The van der Waals surface area contributed by atoms with Crippen LogP contribution in [0.3, 0.4) is 0 Å². The minimum Gasteiger partial charge on any atom is -0.400 e. The zero-order valence-corrected chi connectivity index (χ0v) is 17.8. The van der Waals surface area contributed by atoms with Crippen LogP contribution in [-0.2, 0) is 0 Å². The fraction of sp³-hybridized carbons (Fsp3) is 0.450. The Bertz CT molecular complexity index is 980. The molecule has 2 aliphatic rings. The van der Waals surface area contributed by atoms with Gasteiger partial charge in [-0.05, 0) is 44.9 Å². The van der Waals surface area contributed by atoms with Gasteiger partial charge in [-0.25, -0.2) is 4.98 Å². The molecule has 3 aromatic rings. The van der Waals surface area contributed by atoms with E-state index in [0.29, 0.717) is 35.2 Å². The molecule has 2 unspecified atom stereocenters. The summed E-state index contributed by atoms with van der Waals surface area (Å²) in [6.45, 7) is 0. The Balaban J connectivity index is 0.00000218. The number of aromatic nitrogens is 6. The lowest BCUT2D eigenvalue weighted by atomic mass is 9.98. The molecule has 2 saturated heterocycles. The zero-order valence-electron chi connectivity index (χ0n) is 17.0. The summed E-state index contributed by atoms with van der Waals surface area (Å²) in [5.41, 5.74) is 2.89. The summed E-state index contributed by atoms with van der Waals surface area (Å²) in [5, 5.41) is 16.4. The number of hydrogen-bond acceptors (Lipinski definition) is 8. The number of fused-ring (bicyclic) bond motifs is 2. The molecular formula is C20H25ClN8O. The molecule has 2 fully saturated rings. The van der Waals surface area contributed by atoms with E-state index < -0.39 is 0 Å². The fourth-order valence-corrected chi connectivity index (χ4v) is 4.45. The van der Waals surface area contributed by atoms with Crippen LogP contribution in [0.5, 0.6) is 0 Å². The van der Waals surface area contributed by atoms with Crippen molar-refractivity contribution in [3.8, 4) is 22.6 Å². The lowest BCUT2D eigenvalue weighted by Crippen LogP contribution is -2.44. The molecule has 0 aliphatic carbocycles. The van der Waals surface area contributed by atoms with Crippen LogP contribution in [0.25, 0.3) is 22.6 Å². The van der Waals surface area contributed by atoms with E-state index in [1.165, 1.54) is 30.5 Å². The Morgan fingerprint density at radius 2 is 1.77 bits per heavy atom. The van der Waals surface area contributed by atoms with Crippen molar-refractivity contribution in [3.63, 3.8) is 0 Å². The molecule has 2 aliphatic heterocycles. The number of nitrogens with one attached hydrogen (secondary N) is 1. The topological polar surface area (TPSA) is 93.9 Å². The highest BCUT2D eigenvalue weighted by molar-refractivity contribution is 5.85. The SMILES string of the molecule is COn1cc(-c2cncc(-c3ccc(NC4CC5CCC(C4)N5C)nn3)n2)cn1.Cl. The van der Waals surface area contributed by atoms with E-state index in [2.05, 4.69) is 42.5 Å². The fourth-order valence-electron chi connectivity index (χ4n) is 4.45. The Labute approximate surface area is 181 Å². The van der Waals surface area contributed by atoms with Gasteiger partial charge in [-0.1, -0.05) is 0 Å². The van der Waals surface area contributed by atoms with Gasteiger partial charge in [0.1, 0.15) is 24.3 Å². The van der Waals surface area contributed by atoms with Crippen molar-refractivity contribution >= 4 is 18.2 Å². The minimum absolute atomic E-state index is 0. The molecule has 0 spiro atoms. The second-order valence-electron chi connectivity index (χ2n) is 7.77. The van der Waals surface area contributed by atoms with Crippen molar-refractivity contribution in [1.82, 2.24) is 35.0 Å². The highest BCUT2D eigenvalue weighted by Crippen LogP contribution is 2.35. The molecule has 2 atom stereocenters. The van der Waals surface area contributed by atoms with Crippen LogP contribution in [0.4, 0.5) is 5.82 Å². The van der Waals surface area contributed by atoms with Gasteiger partial charge >= 0.3 is 0 Å². The quantitative estimate of drug-likeness (QED) is 0.661. The van der Waals surface area contributed by atoms with E-state index in [1.54, 1.807) is 31.9 Å². The smallest absolute Gasteiger partial charge is 0.148 e. The maximum atomic E-state index is 5.06. The van der Waals surface area contributed by atoms with E-state index in [0.717, 1.165) is 11.4 Å². The highest BCUT2D eigenvalue weighted by Gasteiger charge is 2.38. The standard InChI is InChI=1S/C20H24N8O.ClH/c1-27-15-3-4-16(27)8-14(7-15)23-20-6-5-17(25-26-20)19-11-21-10-18(24-19)13-9-22-28(12-13)29-2;/h5-6,9-12,14-16H,3-4,7-8H2,1-2H3,(H,23,26);1H. The van der Waals surface area contributed by atoms with E-state index >= 15 is 0 Å². The van der Waals surface area contributed by atoms with Crippen LogP contribution >= 0.6 is 12.4 Å². The molecule has 5 rings (SSSR count). The molecular weight excluding hydrogens is 404 g/mol. The van der Waals surface area contributed by atoms with Crippen LogP contribution in [0, 0.1) is 0 Å². The largest absolute Gasteiger partial charge is 0.400 e. The van der Waals surface area contributed by atoms with Crippen LogP contribution in [-0.4, -0.2) is 67.3 Å². The van der Waals surface area contributed by atoms with Crippen molar-refractivity contribution in [3.05, 3.63) is 36.9 Å². The normalized spacial score (nSPS) is 23.1. The summed E-state index contributed by atoms with van der Waals surface area (Å²) < 4.78 is 0. The summed E-state index contributed by atoms with van der Waals surface area (Å²) >= 11 is 0. The highest BCUT2D eigenvalue weighted by atomic mass is 35.5. The molecule has 0 amide bonds. The van der Waals surface area contributed by atoms with Crippen molar-refractivity contribution in [2.75, 3.05) is 19.5 Å². The van der Waals surface area contributed by atoms with Crippen LogP contribution in [0.15, 0.2) is 36.9 Å².